The number of hydrogen-bond acceptors (Lipinski definition) is 3. The van der Waals surface area contributed by atoms with E-state index in [1.165, 1.54) is 4.90 Å². The fourth-order valence-corrected chi connectivity index (χ4v) is 2.18. The van der Waals surface area contributed by atoms with Crippen LogP contribution in [-0.2, 0) is 4.79 Å². The van der Waals surface area contributed by atoms with Gasteiger partial charge in [-0.3, -0.25) is 9.59 Å². The van der Waals surface area contributed by atoms with Crippen LogP contribution in [0.5, 0.6) is 0 Å². The normalized spacial score (nSPS) is 23.8. The number of rotatable bonds is 2. The maximum Gasteiger partial charge on any atom is 0.267 e. The van der Waals surface area contributed by atoms with Crippen molar-refractivity contribution in [1.29, 1.82) is 0 Å². The Kier molecular flexibility index (Phi) is 2.75. The van der Waals surface area contributed by atoms with Crippen LogP contribution in [0.25, 0.3) is 0 Å². The fourth-order valence-electron chi connectivity index (χ4n) is 2.18. The molecule has 0 bridgehead atoms. The quantitative estimate of drug-likeness (QED) is 0.785. The first-order valence-corrected chi connectivity index (χ1v) is 5.74. The highest BCUT2D eigenvalue weighted by molar-refractivity contribution is 6.27. The lowest BCUT2D eigenvalue weighted by Gasteiger charge is -2.37. The number of anilines is 1. The average Bonchev–Trinajstić information content (AvgIpc) is 2.37. The molecule has 1 aliphatic heterocycles. The van der Waals surface area contributed by atoms with E-state index in [1.807, 2.05) is 6.92 Å². The van der Waals surface area contributed by atoms with E-state index in [4.69, 9.17) is 0 Å². The summed E-state index contributed by atoms with van der Waals surface area (Å²) < 4.78 is 0. The predicted octanol–water partition coefficient (Wildman–Crippen LogP) is 1.38. The summed E-state index contributed by atoms with van der Waals surface area (Å²) in [6.45, 7) is 3.89. The Hall–Kier alpha value is -1.68. The SMILES string of the molecule is CCN1C(=O)C(O)(CC)C(=O)c2ccccc21. The molecule has 0 spiro atoms. The number of para-hydroxylation sites is 1. The topological polar surface area (TPSA) is 57.6 Å². The Morgan fingerprint density at radius 3 is 2.47 bits per heavy atom. The Bertz CT molecular complexity index is 483. The number of nitrogens with zero attached hydrogens (tertiary/aromatic N) is 1. The van der Waals surface area contributed by atoms with Crippen molar-refractivity contribution in [3.63, 3.8) is 0 Å². The maximum atomic E-state index is 12.1. The average molecular weight is 233 g/mol. The minimum Gasteiger partial charge on any atom is -0.373 e. The lowest BCUT2D eigenvalue weighted by molar-refractivity contribution is -0.133. The van der Waals surface area contributed by atoms with Crippen LogP contribution < -0.4 is 4.90 Å². The Balaban J connectivity index is 2.65. The first-order valence-electron chi connectivity index (χ1n) is 5.74. The van der Waals surface area contributed by atoms with Crippen molar-refractivity contribution in [2.45, 2.75) is 25.9 Å². The van der Waals surface area contributed by atoms with Gasteiger partial charge in [0.1, 0.15) is 0 Å². The van der Waals surface area contributed by atoms with E-state index in [-0.39, 0.29) is 6.42 Å². The van der Waals surface area contributed by atoms with E-state index in [9.17, 15) is 14.7 Å². The summed E-state index contributed by atoms with van der Waals surface area (Å²) in [4.78, 5) is 25.7. The second kappa shape index (κ2) is 3.96. The van der Waals surface area contributed by atoms with Crippen LogP contribution in [0.4, 0.5) is 5.69 Å². The summed E-state index contributed by atoms with van der Waals surface area (Å²) in [5.74, 6) is -1.02. The van der Waals surface area contributed by atoms with Crippen molar-refractivity contribution in [1.82, 2.24) is 0 Å². The molecule has 1 unspecified atom stereocenters. The van der Waals surface area contributed by atoms with E-state index in [0.29, 0.717) is 17.8 Å². The second-order valence-corrected chi connectivity index (χ2v) is 4.11. The summed E-state index contributed by atoms with van der Waals surface area (Å²) in [6.07, 6.45) is 0.0928. The minimum absolute atomic E-state index is 0.0928. The van der Waals surface area contributed by atoms with E-state index in [0.717, 1.165) is 0 Å². The van der Waals surface area contributed by atoms with Crippen molar-refractivity contribution in [3.05, 3.63) is 29.8 Å². The third-order valence-corrected chi connectivity index (χ3v) is 3.24. The van der Waals surface area contributed by atoms with Gasteiger partial charge in [0.05, 0.1) is 5.69 Å². The van der Waals surface area contributed by atoms with Gasteiger partial charge < -0.3 is 10.0 Å². The number of fused-ring (bicyclic) bond motifs is 1. The monoisotopic (exact) mass is 233 g/mol. The molecule has 1 atom stereocenters. The van der Waals surface area contributed by atoms with Crippen molar-refractivity contribution in [3.8, 4) is 0 Å². The van der Waals surface area contributed by atoms with E-state index in [2.05, 4.69) is 0 Å². The van der Waals surface area contributed by atoms with Crippen molar-refractivity contribution in [2.75, 3.05) is 11.4 Å². The zero-order valence-corrected chi connectivity index (χ0v) is 9.93. The molecule has 1 aromatic carbocycles. The Morgan fingerprint density at radius 1 is 1.24 bits per heavy atom. The molecule has 0 radical (unpaired) electrons. The van der Waals surface area contributed by atoms with E-state index >= 15 is 0 Å². The highest BCUT2D eigenvalue weighted by Gasteiger charge is 2.49. The molecular formula is C13H15NO3. The predicted molar refractivity (Wildman–Crippen MR) is 64.0 cm³/mol. The van der Waals surface area contributed by atoms with Gasteiger partial charge >= 0.3 is 0 Å². The smallest absolute Gasteiger partial charge is 0.267 e. The van der Waals surface area contributed by atoms with E-state index in [1.54, 1.807) is 31.2 Å². The highest BCUT2D eigenvalue weighted by atomic mass is 16.3. The van der Waals surface area contributed by atoms with Crippen LogP contribution in [0.15, 0.2) is 24.3 Å². The Labute approximate surface area is 99.9 Å². The largest absolute Gasteiger partial charge is 0.373 e. The standard InChI is InChI=1S/C13H15NO3/c1-3-13(17)11(15)9-7-5-6-8-10(9)14(4-2)12(13)16/h5-8,17H,3-4H2,1-2H3. The Morgan fingerprint density at radius 2 is 1.88 bits per heavy atom. The molecule has 2 rings (SSSR count). The number of Topliss-reactive ketones (excluding diaryl/α,β-unsaturated/α-hetero) is 1. The third-order valence-electron chi connectivity index (χ3n) is 3.24. The number of hydrogen-bond donors (Lipinski definition) is 1. The van der Waals surface area contributed by atoms with Gasteiger partial charge in [-0.25, -0.2) is 0 Å². The summed E-state index contributed by atoms with van der Waals surface area (Å²) in [7, 11) is 0. The first kappa shape index (κ1) is 11.8. The minimum atomic E-state index is -1.90. The van der Waals surface area contributed by atoms with Crippen LogP contribution in [-0.4, -0.2) is 28.9 Å². The number of carbonyl (C=O) groups is 2. The summed E-state index contributed by atoms with van der Waals surface area (Å²) >= 11 is 0. The third kappa shape index (κ3) is 1.48. The molecule has 1 aromatic rings. The van der Waals surface area contributed by atoms with Crippen LogP contribution >= 0.6 is 0 Å². The lowest BCUT2D eigenvalue weighted by atomic mass is 9.84. The van der Waals surface area contributed by atoms with Crippen molar-refractivity contribution < 1.29 is 14.7 Å². The van der Waals surface area contributed by atoms with E-state index < -0.39 is 17.3 Å². The van der Waals surface area contributed by atoms with Gasteiger partial charge in [-0.05, 0) is 25.5 Å². The van der Waals surface area contributed by atoms with Gasteiger partial charge in [-0.15, -0.1) is 0 Å². The summed E-state index contributed by atoms with van der Waals surface area (Å²) in [6, 6.07) is 6.88. The molecule has 0 saturated heterocycles. The van der Waals surface area contributed by atoms with Crippen LogP contribution in [0.2, 0.25) is 0 Å². The molecule has 4 nitrogen and oxygen atoms in total. The highest BCUT2D eigenvalue weighted by Crippen LogP contribution is 2.33. The number of carbonyl (C=O) groups excluding carboxylic acids is 2. The molecular weight excluding hydrogens is 218 g/mol. The molecule has 1 N–H and O–H groups in total. The number of ketones is 1. The van der Waals surface area contributed by atoms with Gasteiger partial charge in [0.25, 0.3) is 5.91 Å². The van der Waals surface area contributed by atoms with Crippen molar-refractivity contribution >= 4 is 17.4 Å². The number of amides is 1. The fraction of sp³-hybridized carbons (Fsp3) is 0.385. The molecule has 4 heteroatoms. The molecule has 17 heavy (non-hydrogen) atoms. The van der Waals surface area contributed by atoms with Gasteiger partial charge in [-0.1, -0.05) is 19.1 Å². The maximum absolute atomic E-state index is 12.1. The molecule has 90 valence electrons. The molecule has 1 amide bonds. The molecule has 0 aromatic heterocycles. The molecule has 1 heterocycles. The van der Waals surface area contributed by atoms with Crippen LogP contribution in [0.1, 0.15) is 30.6 Å². The molecule has 0 aliphatic carbocycles. The zero-order valence-electron chi connectivity index (χ0n) is 9.93. The molecule has 0 saturated carbocycles. The summed E-state index contributed by atoms with van der Waals surface area (Å²) in [5, 5.41) is 10.2. The second-order valence-electron chi connectivity index (χ2n) is 4.11. The summed E-state index contributed by atoms with van der Waals surface area (Å²) in [5.41, 5.74) is -0.897. The lowest BCUT2D eigenvalue weighted by Crippen LogP contribution is -2.57. The zero-order chi connectivity index (χ0) is 12.6. The van der Waals surface area contributed by atoms with Gasteiger partial charge in [0.15, 0.2) is 0 Å². The van der Waals surface area contributed by atoms with Crippen molar-refractivity contribution in [2.24, 2.45) is 0 Å². The van der Waals surface area contributed by atoms with Gasteiger partial charge in [0, 0.05) is 12.1 Å². The molecule has 0 fully saturated rings. The van der Waals surface area contributed by atoms with Gasteiger partial charge in [0.2, 0.25) is 11.4 Å². The van der Waals surface area contributed by atoms with Crippen LogP contribution in [0, 0.1) is 0 Å². The number of aliphatic hydroxyl groups is 1. The van der Waals surface area contributed by atoms with Gasteiger partial charge in [-0.2, -0.15) is 0 Å². The first-order chi connectivity index (χ1) is 8.06. The number of benzene rings is 1. The molecule has 1 aliphatic rings. The number of likely N-dealkylation sites (N-methyl/N-ethyl adjacent to an activating group) is 1. The van der Waals surface area contributed by atoms with Crippen LogP contribution in [0.3, 0.4) is 0 Å².